The molecule has 2 unspecified atom stereocenters. The Kier molecular flexibility index (Phi) is 7.43. The van der Waals surface area contributed by atoms with E-state index in [9.17, 15) is 14.0 Å². The monoisotopic (exact) mass is 549 g/mol. The van der Waals surface area contributed by atoms with Crippen molar-refractivity contribution < 1.29 is 14.0 Å². The number of carbonyl (C=O) groups excluding carboxylic acids is 2. The zero-order chi connectivity index (χ0) is 24.7. The molecule has 174 valence electrons. The van der Waals surface area contributed by atoms with Crippen molar-refractivity contribution >= 4 is 69.8 Å². The Morgan fingerprint density at radius 3 is 2.33 bits per heavy atom. The average Bonchev–Trinajstić information content (AvgIpc) is 3.64. The van der Waals surface area contributed by atoms with E-state index in [0.29, 0.717) is 18.4 Å². The molecule has 0 bridgehead atoms. The summed E-state index contributed by atoms with van der Waals surface area (Å²) >= 11 is 30.4. The van der Waals surface area contributed by atoms with Gasteiger partial charge in [-0.15, -0.1) is 23.2 Å². The number of allylic oxidation sites excluding steroid dienone is 3. The fraction of sp³-hybridized carbons (Fsp3) is 0.318. The maximum Gasteiger partial charge on any atom is 0.249 e. The third kappa shape index (κ3) is 5.50. The van der Waals surface area contributed by atoms with E-state index in [0.717, 1.165) is 0 Å². The molecule has 0 saturated heterocycles. The van der Waals surface area contributed by atoms with Gasteiger partial charge in [0.05, 0.1) is 22.0 Å². The van der Waals surface area contributed by atoms with Crippen LogP contribution in [0.4, 0.5) is 4.39 Å². The normalized spacial score (nSPS) is 22.7. The van der Waals surface area contributed by atoms with Crippen LogP contribution in [0.2, 0.25) is 10.0 Å². The van der Waals surface area contributed by atoms with E-state index >= 15 is 0 Å². The molecule has 5 nitrogen and oxygen atoms in total. The first-order valence-corrected chi connectivity index (χ1v) is 11.5. The Morgan fingerprint density at radius 1 is 1.24 bits per heavy atom. The minimum atomic E-state index is -1.44. The van der Waals surface area contributed by atoms with Crippen LogP contribution in [0.15, 0.2) is 47.2 Å². The number of nitrogens with one attached hydrogen (secondary N) is 2. The molecule has 2 fully saturated rings. The zero-order valence-corrected chi connectivity index (χ0v) is 20.9. The maximum atomic E-state index is 13.7. The van der Waals surface area contributed by atoms with Crippen molar-refractivity contribution in [2.75, 3.05) is 0 Å². The van der Waals surface area contributed by atoms with Crippen LogP contribution in [0, 0.1) is 23.1 Å². The average molecular weight is 552 g/mol. The van der Waals surface area contributed by atoms with Gasteiger partial charge in [-0.25, -0.2) is 4.39 Å². The van der Waals surface area contributed by atoms with Gasteiger partial charge < -0.3 is 10.6 Å². The van der Waals surface area contributed by atoms with Crippen molar-refractivity contribution in [3.8, 4) is 6.07 Å². The van der Waals surface area contributed by atoms with Gasteiger partial charge in [0.15, 0.2) is 5.82 Å². The standard InChI is InChI=1S/C22H17Cl5FN3O2/c1-10(3-4-13(23)11(2)19(32)31-21(9-29)5-6-21)30-20(33)17-16(22(17,26)27)12-7-14(24)18(28)15(25)8-12/h3-4,7-8,16-17H,1,5-6H2,2H3,(H,30,33)(H,31,32)/b4-3-,13-11-. The summed E-state index contributed by atoms with van der Waals surface area (Å²) in [7, 11) is 0. The molecule has 2 aliphatic carbocycles. The second kappa shape index (κ2) is 9.48. The van der Waals surface area contributed by atoms with Gasteiger partial charge in [-0.05, 0) is 49.6 Å². The van der Waals surface area contributed by atoms with Crippen LogP contribution in [0.5, 0.6) is 0 Å². The van der Waals surface area contributed by atoms with Gasteiger partial charge in [-0.2, -0.15) is 5.26 Å². The van der Waals surface area contributed by atoms with Crippen LogP contribution in [-0.4, -0.2) is 21.7 Å². The lowest BCUT2D eigenvalue weighted by Gasteiger charge is -2.10. The van der Waals surface area contributed by atoms with Gasteiger partial charge in [0.25, 0.3) is 0 Å². The number of nitrogens with zero attached hydrogens (tertiary/aromatic N) is 1. The second-order valence-electron chi connectivity index (χ2n) is 7.90. The molecule has 0 radical (unpaired) electrons. The highest BCUT2D eigenvalue weighted by atomic mass is 35.5. The summed E-state index contributed by atoms with van der Waals surface area (Å²) in [5.41, 5.74) is -0.00352. The summed E-state index contributed by atoms with van der Waals surface area (Å²) in [6.45, 7) is 5.24. The minimum Gasteiger partial charge on any atom is -0.334 e. The Labute approximate surface area is 215 Å². The van der Waals surface area contributed by atoms with Crippen molar-refractivity contribution in [2.24, 2.45) is 5.92 Å². The molecule has 1 aromatic carbocycles. The van der Waals surface area contributed by atoms with Crippen molar-refractivity contribution in [1.29, 1.82) is 5.26 Å². The predicted octanol–water partition coefficient (Wildman–Crippen LogP) is 5.89. The lowest BCUT2D eigenvalue weighted by Crippen LogP contribution is -2.36. The summed E-state index contributed by atoms with van der Waals surface area (Å²) in [6, 6.07) is 4.71. The molecule has 2 amide bonds. The maximum absolute atomic E-state index is 13.7. The molecule has 1 aromatic rings. The lowest BCUT2D eigenvalue weighted by molar-refractivity contribution is -0.121. The Morgan fingerprint density at radius 2 is 1.82 bits per heavy atom. The van der Waals surface area contributed by atoms with Gasteiger partial charge in [0.2, 0.25) is 11.8 Å². The molecule has 3 rings (SSSR count). The summed E-state index contributed by atoms with van der Waals surface area (Å²) in [5.74, 6) is -3.26. The Balaban J connectivity index is 1.63. The summed E-state index contributed by atoms with van der Waals surface area (Å²) in [6.07, 6.45) is 3.99. The van der Waals surface area contributed by atoms with E-state index in [1.165, 1.54) is 31.2 Å². The number of carbonyl (C=O) groups is 2. The third-order valence-corrected chi connectivity index (χ3v) is 7.33. The Bertz CT molecular complexity index is 1130. The first-order valence-electron chi connectivity index (χ1n) is 9.63. The first kappa shape index (κ1) is 25.9. The highest BCUT2D eigenvalue weighted by molar-refractivity contribution is 6.53. The molecule has 2 N–H and O–H groups in total. The van der Waals surface area contributed by atoms with Crippen molar-refractivity contribution in [2.45, 2.75) is 35.6 Å². The molecule has 2 aliphatic rings. The lowest BCUT2D eigenvalue weighted by atomic mass is 10.1. The topological polar surface area (TPSA) is 82.0 Å². The molecule has 0 spiro atoms. The van der Waals surface area contributed by atoms with Crippen LogP contribution < -0.4 is 10.6 Å². The smallest absolute Gasteiger partial charge is 0.249 e. The molecule has 0 heterocycles. The number of benzene rings is 1. The van der Waals surface area contributed by atoms with Crippen LogP contribution in [0.3, 0.4) is 0 Å². The summed E-state index contributed by atoms with van der Waals surface area (Å²) in [4.78, 5) is 24.9. The molecule has 0 aromatic heterocycles. The van der Waals surface area contributed by atoms with E-state index in [1.54, 1.807) is 0 Å². The van der Waals surface area contributed by atoms with E-state index in [-0.39, 0.29) is 26.3 Å². The Hall–Kier alpha value is -1.75. The van der Waals surface area contributed by atoms with Crippen LogP contribution in [0.25, 0.3) is 0 Å². The van der Waals surface area contributed by atoms with Crippen molar-refractivity contribution in [3.63, 3.8) is 0 Å². The molecule has 33 heavy (non-hydrogen) atoms. The second-order valence-corrected chi connectivity index (χ2v) is 10.6. The summed E-state index contributed by atoms with van der Waals surface area (Å²) < 4.78 is 12.3. The van der Waals surface area contributed by atoms with Gasteiger partial charge >= 0.3 is 0 Å². The van der Waals surface area contributed by atoms with E-state index < -0.39 is 39.3 Å². The fourth-order valence-electron chi connectivity index (χ4n) is 3.21. The number of amides is 2. The highest BCUT2D eigenvalue weighted by Gasteiger charge is 2.67. The number of alkyl halides is 2. The van der Waals surface area contributed by atoms with E-state index in [4.69, 9.17) is 63.3 Å². The third-order valence-electron chi connectivity index (χ3n) is 5.43. The number of hydrogen-bond donors (Lipinski definition) is 2. The molecule has 2 saturated carbocycles. The van der Waals surface area contributed by atoms with Gasteiger partial charge in [0, 0.05) is 22.2 Å². The fourth-order valence-corrected chi connectivity index (χ4v) is 4.69. The van der Waals surface area contributed by atoms with Gasteiger partial charge in [-0.1, -0.05) is 41.4 Å². The predicted molar refractivity (Wildman–Crippen MR) is 128 cm³/mol. The SMILES string of the molecule is C=C(/C=C\C(Cl)=C(/C)C(=O)NC1(C#N)CC1)NC(=O)C1C(c2cc(Cl)c(F)c(Cl)c2)C1(Cl)Cl. The van der Waals surface area contributed by atoms with Crippen molar-refractivity contribution in [3.05, 3.63) is 68.6 Å². The van der Waals surface area contributed by atoms with Gasteiger partial charge in [-0.3, -0.25) is 9.59 Å². The zero-order valence-electron chi connectivity index (χ0n) is 17.1. The van der Waals surface area contributed by atoms with E-state index in [1.807, 2.05) is 0 Å². The van der Waals surface area contributed by atoms with Gasteiger partial charge in [0.1, 0.15) is 9.87 Å². The molecular weight excluding hydrogens is 535 g/mol. The van der Waals surface area contributed by atoms with Crippen molar-refractivity contribution in [1.82, 2.24) is 10.6 Å². The molecular formula is C22H17Cl5FN3O2. The number of rotatable bonds is 7. The van der Waals surface area contributed by atoms with Crippen LogP contribution >= 0.6 is 58.0 Å². The molecule has 2 atom stereocenters. The largest absolute Gasteiger partial charge is 0.334 e. The minimum absolute atomic E-state index is 0.112. The number of hydrogen-bond acceptors (Lipinski definition) is 3. The highest BCUT2D eigenvalue weighted by Crippen LogP contribution is 2.65. The molecule has 0 aliphatic heterocycles. The first-order chi connectivity index (χ1) is 15.3. The van der Waals surface area contributed by atoms with E-state index in [2.05, 4.69) is 23.3 Å². The molecule has 11 heteroatoms. The van der Waals surface area contributed by atoms with Crippen LogP contribution in [-0.2, 0) is 9.59 Å². The summed E-state index contributed by atoms with van der Waals surface area (Å²) in [5, 5.41) is 14.0. The van der Waals surface area contributed by atoms with Crippen LogP contribution in [0.1, 0.15) is 31.2 Å². The number of nitriles is 1. The quantitative estimate of drug-likeness (QED) is 0.192. The number of halogens is 6.